The topological polar surface area (TPSA) is 109 Å². The summed E-state index contributed by atoms with van der Waals surface area (Å²) in [6, 6.07) is 9.04. The van der Waals surface area contributed by atoms with Crippen LogP contribution in [0, 0.1) is 5.82 Å². The monoisotopic (exact) mass is 468 g/mol. The van der Waals surface area contributed by atoms with Gasteiger partial charge >= 0.3 is 0 Å². The van der Waals surface area contributed by atoms with Gasteiger partial charge in [0.2, 0.25) is 5.88 Å². The number of amides is 1. The fourth-order valence-electron chi connectivity index (χ4n) is 3.90. The Morgan fingerprint density at radius 1 is 1.24 bits per heavy atom. The summed E-state index contributed by atoms with van der Waals surface area (Å²) in [6.45, 7) is 4.96. The van der Waals surface area contributed by atoms with Crippen molar-refractivity contribution in [2.45, 2.75) is 38.8 Å². The van der Waals surface area contributed by atoms with Crippen LogP contribution >= 0.6 is 0 Å². The summed E-state index contributed by atoms with van der Waals surface area (Å²) in [6.07, 6.45) is 2.85. The van der Waals surface area contributed by atoms with Crippen LogP contribution in [-0.2, 0) is 0 Å². The zero-order chi connectivity index (χ0) is 24.1. The summed E-state index contributed by atoms with van der Waals surface area (Å²) in [4.78, 5) is 21.3. The molecule has 10 heteroatoms. The van der Waals surface area contributed by atoms with Crippen molar-refractivity contribution < 1.29 is 18.7 Å². The number of nitrogens with zero attached hydrogens (tertiary/aromatic N) is 2. The van der Waals surface area contributed by atoms with Crippen LogP contribution < -0.4 is 31.2 Å². The Kier molecular flexibility index (Phi) is 7.51. The molecule has 1 aromatic carbocycles. The number of ether oxygens (including phenoxy) is 2. The highest BCUT2D eigenvalue weighted by Gasteiger charge is 2.21. The van der Waals surface area contributed by atoms with E-state index in [9.17, 15) is 9.18 Å². The lowest BCUT2D eigenvalue weighted by Gasteiger charge is -2.14. The van der Waals surface area contributed by atoms with Gasteiger partial charge < -0.3 is 14.8 Å². The van der Waals surface area contributed by atoms with Crippen molar-refractivity contribution in [3.63, 3.8) is 0 Å². The van der Waals surface area contributed by atoms with Crippen molar-refractivity contribution in [2.24, 2.45) is 0 Å². The fraction of sp³-hybridized carbons (Fsp3) is 0.375. The van der Waals surface area contributed by atoms with E-state index >= 15 is 0 Å². The Morgan fingerprint density at radius 2 is 2.09 bits per heavy atom. The van der Waals surface area contributed by atoms with Crippen molar-refractivity contribution >= 4 is 16.8 Å². The van der Waals surface area contributed by atoms with Gasteiger partial charge in [0.25, 0.3) is 5.91 Å². The first-order chi connectivity index (χ1) is 16.5. The number of methoxy groups -OCH3 is 1. The highest BCUT2D eigenvalue weighted by molar-refractivity contribution is 5.99. The largest absolute Gasteiger partial charge is 0.493 e. The van der Waals surface area contributed by atoms with Crippen molar-refractivity contribution in [3.8, 4) is 22.9 Å². The van der Waals surface area contributed by atoms with Gasteiger partial charge in [-0.25, -0.2) is 25.2 Å². The van der Waals surface area contributed by atoms with Gasteiger partial charge in [-0.15, -0.1) is 0 Å². The number of hydrazine groups is 2. The van der Waals surface area contributed by atoms with E-state index in [0.29, 0.717) is 47.8 Å². The first kappa shape index (κ1) is 23.8. The van der Waals surface area contributed by atoms with Gasteiger partial charge in [-0.3, -0.25) is 4.79 Å². The van der Waals surface area contributed by atoms with Crippen LogP contribution in [-0.4, -0.2) is 48.2 Å². The summed E-state index contributed by atoms with van der Waals surface area (Å²) in [5, 5.41) is 3.70. The van der Waals surface area contributed by atoms with Gasteiger partial charge in [-0.2, -0.15) is 5.53 Å². The maximum absolute atomic E-state index is 14.6. The molecule has 1 aliphatic rings. The zero-order valence-corrected chi connectivity index (χ0v) is 19.4. The molecule has 0 aliphatic carbocycles. The van der Waals surface area contributed by atoms with Crippen LogP contribution in [0.2, 0.25) is 0 Å². The number of halogens is 1. The smallest absolute Gasteiger partial charge is 0.251 e. The molecule has 180 valence electrons. The highest BCUT2D eigenvalue weighted by Crippen LogP contribution is 2.32. The minimum atomic E-state index is -0.527. The lowest BCUT2D eigenvalue weighted by molar-refractivity contribution is 0.0952. The predicted molar refractivity (Wildman–Crippen MR) is 127 cm³/mol. The van der Waals surface area contributed by atoms with Gasteiger partial charge in [0.15, 0.2) is 5.82 Å². The number of rotatable bonds is 9. The Hall–Kier alpha value is -3.34. The van der Waals surface area contributed by atoms with Gasteiger partial charge in [0.1, 0.15) is 5.75 Å². The molecule has 4 N–H and O–H groups in total. The van der Waals surface area contributed by atoms with E-state index in [0.717, 1.165) is 24.4 Å². The third-order valence-corrected chi connectivity index (χ3v) is 5.79. The molecular weight excluding hydrogens is 439 g/mol. The molecule has 3 heterocycles. The second-order valence-electron chi connectivity index (χ2n) is 8.08. The molecule has 2 atom stereocenters. The van der Waals surface area contributed by atoms with Crippen LogP contribution in [0.25, 0.3) is 22.2 Å². The van der Waals surface area contributed by atoms with Gasteiger partial charge in [-0.05, 0) is 44.9 Å². The minimum Gasteiger partial charge on any atom is -0.493 e. The van der Waals surface area contributed by atoms with E-state index in [2.05, 4.69) is 38.6 Å². The van der Waals surface area contributed by atoms with Crippen molar-refractivity contribution in [1.82, 2.24) is 31.7 Å². The van der Waals surface area contributed by atoms with Crippen LogP contribution in [0.4, 0.5) is 4.39 Å². The Bertz CT molecular complexity index is 1170. The van der Waals surface area contributed by atoms with Crippen LogP contribution in [0.3, 0.4) is 0 Å². The molecule has 3 aromatic rings. The second-order valence-corrected chi connectivity index (χ2v) is 8.08. The normalized spacial score (nSPS) is 17.6. The number of benzene rings is 1. The van der Waals surface area contributed by atoms with E-state index in [-0.39, 0.29) is 17.4 Å². The summed E-state index contributed by atoms with van der Waals surface area (Å²) in [5.41, 5.74) is 10.8. The predicted octanol–water partition coefficient (Wildman–Crippen LogP) is 2.72. The Balaban J connectivity index is 1.56. The number of carbonyl (C=O) groups excluding carboxylic acids is 1. The lowest BCUT2D eigenvalue weighted by Crippen LogP contribution is -2.34. The third kappa shape index (κ3) is 5.24. The summed E-state index contributed by atoms with van der Waals surface area (Å²) >= 11 is 0. The molecular formula is C24H29FN6O3. The van der Waals surface area contributed by atoms with Crippen LogP contribution in [0.15, 0.2) is 36.5 Å². The molecule has 0 radical (unpaired) electrons. The van der Waals surface area contributed by atoms with Gasteiger partial charge in [0.05, 0.1) is 31.1 Å². The molecule has 2 unspecified atom stereocenters. The first-order valence-corrected chi connectivity index (χ1v) is 11.3. The number of nitrogens with one attached hydrogen (secondary N) is 4. The molecule has 1 amide bonds. The average molecular weight is 469 g/mol. The van der Waals surface area contributed by atoms with Crippen LogP contribution in [0.1, 0.15) is 37.0 Å². The molecule has 0 spiro atoms. The third-order valence-electron chi connectivity index (χ3n) is 5.79. The summed E-state index contributed by atoms with van der Waals surface area (Å²) < 4.78 is 25.5. The average Bonchev–Trinajstić information content (AvgIpc) is 3.26. The number of pyridine rings is 2. The SMILES string of the molecule is CCOc1cc(-c2cc(OC)ncc2F)nc2cc(C(=O)NCCCC3NNNC3C)ccc12. The van der Waals surface area contributed by atoms with E-state index in [1.165, 1.54) is 13.2 Å². The van der Waals surface area contributed by atoms with Crippen molar-refractivity contribution in [3.05, 3.63) is 47.9 Å². The second kappa shape index (κ2) is 10.7. The Morgan fingerprint density at radius 3 is 2.82 bits per heavy atom. The molecule has 0 bridgehead atoms. The number of aromatic nitrogens is 2. The molecule has 0 saturated carbocycles. The van der Waals surface area contributed by atoms with Crippen molar-refractivity contribution in [2.75, 3.05) is 20.3 Å². The standard InChI is InChI=1S/C24H29FN6O3/c1-4-34-22-12-21(17-11-23(33-3)27-13-18(17)25)28-20-10-15(7-8-16(20)22)24(32)26-9-5-6-19-14(2)29-31-30-19/h7-8,10-14,19,29-31H,4-6,9H2,1-3H3,(H,26,32). The number of carbonyl (C=O) groups is 1. The summed E-state index contributed by atoms with van der Waals surface area (Å²) in [5.74, 6) is 0.121. The van der Waals surface area contributed by atoms with Gasteiger partial charge in [-0.1, -0.05) is 0 Å². The fourth-order valence-corrected chi connectivity index (χ4v) is 3.90. The van der Waals surface area contributed by atoms with E-state index in [1.807, 2.05) is 6.92 Å². The van der Waals surface area contributed by atoms with E-state index in [1.54, 1.807) is 24.3 Å². The number of fused-ring (bicyclic) bond motifs is 1. The lowest BCUT2D eigenvalue weighted by atomic mass is 10.1. The summed E-state index contributed by atoms with van der Waals surface area (Å²) in [7, 11) is 1.47. The molecule has 2 aromatic heterocycles. The minimum absolute atomic E-state index is 0.187. The molecule has 1 fully saturated rings. The van der Waals surface area contributed by atoms with E-state index < -0.39 is 5.82 Å². The van der Waals surface area contributed by atoms with Gasteiger partial charge in [0, 0.05) is 47.3 Å². The van der Waals surface area contributed by atoms with Crippen LogP contribution in [0.5, 0.6) is 11.6 Å². The quantitative estimate of drug-likeness (QED) is 0.355. The van der Waals surface area contributed by atoms with E-state index in [4.69, 9.17) is 9.47 Å². The maximum Gasteiger partial charge on any atom is 0.251 e. The number of hydrogen-bond acceptors (Lipinski definition) is 8. The maximum atomic E-state index is 14.6. The zero-order valence-electron chi connectivity index (χ0n) is 19.4. The molecule has 1 aliphatic heterocycles. The highest BCUT2D eigenvalue weighted by atomic mass is 19.1. The van der Waals surface area contributed by atoms with Crippen molar-refractivity contribution in [1.29, 1.82) is 0 Å². The molecule has 1 saturated heterocycles. The number of hydrogen-bond donors (Lipinski definition) is 4. The Labute approximate surface area is 197 Å². The first-order valence-electron chi connectivity index (χ1n) is 11.3. The molecule has 4 rings (SSSR count). The molecule has 34 heavy (non-hydrogen) atoms. The molecule has 9 nitrogen and oxygen atoms in total.